The highest BCUT2D eigenvalue weighted by Crippen LogP contribution is 2.15. The van der Waals surface area contributed by atoms with Crippen molar-refractivity contribution < 1.29 is 14.3 Å². The number of H-pyrrole nitrogens is 1. The molecule has 0 fully saturated rings. The molecule has 1 amide bonds. The minimum absolute atomic E-state index is 0.0418. The topological polar surface area (TPSA) is 112 Å². The van der Waals surface area contributed by atoms with Gasteiger partial charge in [-0.2, -0.15) is 5.26 Å². The lowest BCUT2D eigenvalue weighted by atomic mass is 9.99. The standard InChI is InChI=1S/C21H23N3O4/c1-13-17(15(3)24-21(27)18(13)11-22)9-10-20(26)28-12-19(25)23-14(2)16-7-5-4-6-8-16/h4-8,14H,9-10,12H2,1-3H3,(H,23,25)(H,24,27)/t14-/m1/s1. The second-order valence-corrected chi connectivity index (χ2v) is 6.53. The van der Waals surface area contributed by atoms with Gasteiger partial charge < -0.3 is 15.0 Å². The molecule has 1 aromatic heterocycles. The fraction of sp³-hybridized carbons (Fsp3) is 0.333. The summed E-state index contributed by atoms with van der Waals surface area (Å²) in [6.07, 6.45) is 0.351. The third-order valence-corrected chi connectivity index (χ3v) is 4.54. The Morgan fingerprint density at radius 2 is 1.93 bits per heavy atom. The molecule has 0 saturated carbocycles. The molecular formula is C21H23N3O4. The first-order valence-corrected chi connectivity index (χ1v) is 8.95. The minimum Gasteiger partial charge on any atom is -0.456 e. The van der Waals surface area contributed by atoms with Crippen molar-refractivity contribution in [1.82, 2.24) is 10.3 Å². The van der Waals surface area contributed by atoms with E-state index in [9.17, 15) is 14.4 Å². The number of aromatic amines is 1. The second-order valence-electron chi connectivity index (χ2n) is 6.53. The van der Waals surface area contributed by atoms with Gasteiger partial charge in [0, 0.05) is 12.1 Å². The summed E-state index contributed by atoms with van der Waals surface area (Å²) in [4.78, 5) is 38.3. The van der Waals surface area contributed by atoms with Crippen LogP contribution in [0.1, 0.15) is 47.3 Å². The molecule has 0 aliphatic heterocycles. The van der Waals surface area contributed by atoms with Gasteiger partial charge in [-0.3, -0.25) is 14.4 Å². The maximum absolute atomic E-state index is 12.0. The van der Waals surface area contributed by atoms with Crippen molar-refractivity contribution in [2.45, 2.75) is 39.7 Å². The number of aryl methyl sites for hydroxylation is 1. The van der Waals surface area contributed by atoms with Gasteiger partial charge in [-0.1, -0.05) is 30.3 Å². The number of carbonyl (C=O) groups excluding carboxylic acids is 2. The molecule has 0 aliphatic rings. The zero-order valence-corrected chi connectivity index (χ0v) is 16.2. The molecule has 2 N–H and O–H groups in total. The number of hydrogen-bond acceptors (Lipinski definition) is 5. The molecule has 0 bridgehead atoms. The van der Waals surface area contributed by atoms with E-state index in [0.29, 0.717) is 17.7 Å². The zero-order valence-electron chi connectivity index (χ0n) is 16.2. The van der Waals surface area contributed by atoms with Crippen molar-refractivity contribution in [3.8, 4) is 6.07 Å². The molecule has 0 unspecified atom stereocenters. The van der Waals surface area contributed by atoms with E-state index in [1.54, 1.807) is 13.8 Å². The van der Waals surface area contributed by atoms with Crippen molar-refractivity contribution in [3.63, 3.8) is 0 Å². The van der Waals surface area contributed by atoms with Crippen LogP contribution < -0.4 is 10.9 Å². The van der Waals surface area contributed by atoms with Crippen molar-refractivity contribution in [2.24, 2.45) is 0 Å². The van der Waals surface area contributed by atoms with Gasteiger partial charge in [0.1, 0.15) is 11.6 Å². The first kappa shape index (κ1) is 20.9. The number of aromatic nitrogens is 1. The van der Waals surface area contributed by atoms with Gasteiger partial charge in [0.05, 0.1) is 6.04 Å². The fourth-order valence-corrected chi connectivity index (χ4v) is 2.97. The van der Waals surface area contributed by atoms with Crippen LogP contribution in [0.25, 0.3) is 0 Å². The van der Waals surface area contributed by atoms with Crippen molar-refractivity contribution in [3.05, 3.63) is 68.6 Å². The lowest BCUT2D eigenvalue weighted by Crippen LogP contribution is -2.31. The van der Waals surface area contributed by atoms with Gasteiger partial charge in [0.25, 0.3) is 11.5 Å². The predicted molar refractivity (Wildman–Crippen MR) is 104 cm³/mol. The van der Waals surface area contributed by atoms with Crippen LogP contribution in [-0.2, 0) is 20.7 Å². The van der Waals surface area contributed by atoms with Gasteiger partial charge >= 0.3 is 5.97 Å². The smallest absolute Gasteiger partial charge is 0.306 e. The maximum Gasteiger partial charge on any atom is 0.306 e. The number of benzene rings is 1. The van der Waals surface area contributed by atoms with E-state index in [2.05, 4.69) is 10.3 Å². The number of esters is 1. The first-order valence-electron chi connectivity index (χ1n) is 8.95. The molecule has 146 valence electrons. The van der Waals surface area contributed by atoms with Gasteiger partial charge in [0.2, 0.25) is 0 Å². The number of rotatable bonds is 7. The number of nitriles is 1. The monoisotopic (exact) mass is 381 g/mol. The molecule has 1 heterocycles. The summed E-state index contributed by atoms with van der Waals surface area (Å²) in [6, 6.07) is 11.2. The van der Waals surface area contributed by atoms with Crippen LogP contribution in [0.15, 0.2) is 35.1 Å². The highest BCUT2D eigenvalue weighted by atomic mass is 16.5. The molecule has 0 radical (unpaired) electrons. The normalized spacial score (nSPS) is 11.4. The molecule has 7 nitrogen and oxygen atoms in total. The van der Waals surface area contributed by atoms with E-state index < -0.39 is 11.5 Å². The summed E-state index contributed by atoms with van der Waals surface area (Å²) in [5.74, 6) is -0.904. The highest BCUT2D eigenvalue weighted by Gasteiger charge is 2.15. The molecular weight excluding hydrogens is 358 g/mol. The molecule has 7 heteroatoms. The summed E-state index contributed by atoms with van der Waals surface area (Å²) >= 11 is 0. The van der Waals surface area contributed by atoms with E-state index >= 15 is 0 Å². The van der Waals surface area contributed by atoms with Gasteiger partial charge in [-0.15, -0.1) is 0 Å². The van der Waals surface area contributed by atoms with Crippen LogP contribution in [0.3, 0.4) is 0 Å². The third-order valence-electron chi connectivity index (χ3n) is 4.54. The summed E-state index contributed by atoms with van der Waals surface area (Å²) in [7, 11) is 0. The second kappa shape index (κ2) is 9.51. The number of nitrogens with zero attached hydrogens (tertiary/aromatic N) is 1. The average molecular weight is 381 g/mol. The summed E-state index contributed by atoms with van der Waals surface area (Å²) in [6.45, 7) is 4.89. The average Bonchev–Trinajstić information content (AvgIpc) is 2.67. The fourth-order valence-electron chi connectivity index (χ4n) is 2.97. The molecule has 2 aromatic rings. The van der Waals surface area contributed by atoms with Crippen molar-refractivity contribution in [1.29, 1.82) is 5.26 Å². The van der Waals surface area contributed by atoms with Crippen LogP contribution in [0, 0.1) is 25.2 Å². The van der Waals surface area contributed by atoms with E-state index in [1.165, 1.54) is 0 Å². The lowest BCUT2D eigenvalue weighted by molar-refractivity contribution is -0.148. The number of ether oxygens (including phenoxy) is 1. The Hall–Kier alpha value is -3.40. The Morgan fingerprint density at radius 3 is 2.57 bits per heavy atom. The van der Waals surface area contributed by atoms with Crippen molar-refractivity contribution >= 4 is 11.9 Å². The molecule has 28 heavy (non-hydrogen) atoms. The van der Waals surface area contributed by atoms with Crippen LogP contribution in [0.2, 0.25) is 0 Å². The largest absolute Gasteiger partial charge is 0.456 e. The summed E-state index contributed by atoms with van der Waals surface area (Å²) in [5, 5.41) is 11.9. The van der Waals surface area contributed by atoms with Crippen LogP contribution in [0.5, 0.6) is 0 Å². The maximum atomic E-state index is 12.0. The highest BCUT2D eigenvalue weighted by molar-refractivity contribution is 5.80. The molecule has 2 rings (SSSR count). The predicted octanol–water partition coefficient (Wildman–Crippen LogP) is 2.22. The Kier molecular flexibility index (Phi) is 7.10. The third kappa shape index (κ3) is 5.30. The number of carbonyl (C=O) groups is 2. The number of hydrogen-bond donors (Lipinski definition) is 2. The van der Waals surface area contributed by atoms with Crippen LogP contribution in [-0.4, -0.2) is 23.5 Å². The number of nitrogens with one attached hydrogen (secondary N) is 2. The van der Waals surface area contributed by atoms with Crippen molar-refractivity contribution in [2.75, 3.05) is 6.61 Å². The first-order chi connectivity index (χ1) is 13.3. The number of pyridine rings is 1. The molecule has 0 saturated heterocycles. The summed E-state index contributed by atoms with van der Waals surface area (Å²) < 4.78 is 5.03. The number of amides is 1. The van der Waals surface area contributed by atoms with Gasteiger partial charge in [-0.25, -0.2) is 0 Å². The molecule has 1 aromatic carbocycles. The molecule has 0 aliphatic carbocycles. The zero-order chi connectivity index (χ0) is 20.7. The van der Waals surface area contributed by atoms with Gasteiger partial charge in [0.15, 0.2) is 6.61 Å². The van der Waals surface area contributed by atoms with E-state index in [1.807, 2.05) is 43.3 Å². The van der Waals surface area contributed by atoms with E-state index in [-0.39, 0.29) is 30.5 Å². The summed E-state index contributed by atoms with van der Waals surface area (Å²) in [5.41, 5.74) is 2.47. The molecule has 1 atom stereocenters. The van der Waals surface area contributed by atoms with Gasteiger partial charge in [-0.05, 0) is 43.9 Å². The minimum atomic E-state index is -0.522. The Labute approximate surface area is 163 Å². The lowest BCUT2D eigenvalue weighted by Gasteiger charge is -2.14. The quantitative estimate of drug-likeness (QED) is 0.714. The Bertz CT molecular complexity index is 958. The molecule has 0 spiro atoms. The van der Waals surface area contributed by atoms with E-state index in [0.717, 1.165) is 11.1 Å². The SMILES string of the molecule is Cc1[nH]c(=O)c(C#N)c(C)c1CCC(=O)OCC(=O)N[C@H](C)c1ccccc1. The Morgan fingerprint density at radius 1 is 1.25 bits per heavy atom. The Balaban J connectivity index is 1.86. The van der Waals surface area contributed by atoms with Crippen LogP contribution in [0.4, 0.5) is 0 Å². The van der Waals surface area contributed by atoms with Crippen LogP contribution >= 0.6 is 0 Å². The van der Waals surface area contributed by atoms with E-state index in [4.69, 9.17) is 10.00 Å².